The number of carbonyl (C=O) groups excluding carboxylic acids is 1. The van der Waals surface area contributed by atoms with Crippen LogP contribution in [0.2, 0.25) is 0 Å². The number of pyridine rings is 1. The van der Waals surface area contributed by atoms with Crippen LogP contribution in [0.25, 0.3) is 6.15 Å². The van der Waals surface area contributed by atoms with E-state index in [2.05, 4.69) is 17.1 Å². The number of carbonyl (C=O) groups is 1. The Balaban J connectivity index is 0. The number of halogens is 2. The van der Waals surface area contributed by atoms with E-state index in [1.807, 2.05) is 13.1 Å². The van der Waals surface area contributed by atoms with Gasteiger partial charge in [-0.05, 0) is 43.9 Å². The Hall–Kier alpha value is 0.00831. The number of aliphatic hydroxyl groups excluding tert-OH is 1. The van der Waals surface area contributed by atoms with E-state index in [0.29, 0.717) is 6.42 Å². The normalized spacial score (nSPS) is 9.52. The molecule has 0 saturated heterocycles. The molecule has 7 heteroatoms. The SMILES string of the molecule is Cc1cc(CCCCCCC(=O)CO)ccn1.[Cl][Pt][Cl].[NH2-]. The molecule has 0 aromatic carbocycles. The first-order valence-corrected chi connectivity index (χ1v) is 12.1. The number of aryl methyl sites for hydroxylation is 2. The van der Waals surface area contributed by atoms with E-state index in [1.54, 1.807) is 0 Å². The smallest absolute Gasteiger partial charge is 0.693 e. The Morgan fingerprint density at radius 1 is 1.29 bits per heavy atom. The minimum absolute atomic E-state index is 0. The van der Waals surface area contributed by atoms with Crippen molar-refractivity contribution in [3.8, 4) is 0 Å². The molecular weight excluding hydrogens is 494 g/mol. The molecular formula is C14H23Cl2N2O2Pt-. The zero-order valence-corrected chi connectivity index (χ0v) is 15.9. The summed E-state index contributed by atoms with van der Waals surface area (Å²) in [5, 5.41) is 8.56. The summed E-state index contributed by atoms with van der Waals surface area (Å²) in [5.74, 6) is -0.0465. The van der Waals surface area contributed by atoms with Gasteiger partial charge in [0.25, 0.3) is 0 Å². The van der Waals surface area contributed by atoms with Crippen LogP contribution in [0.5, 0.6) is 0 Å². The second-order valence-electron chi connectivity index (χ2n) is 4.46. The van der Waals surface area contributed by atoms with Gasteiger partial charge in [0.1, 0.15) is 6.61 Å². The largest absolute Gasteiger partial charge is 0.693 e. The topological polar surface area (TPSA) is 83.7 Å². The molecule has 0 amide bonds. The molecule has 126 valence electrons. The molecule has 0 saturated carbocycles. The molecule has 4 nitrogen and oxygen atoms in total. The van der Waals surface area contributed by atoms with Gasteiger partial charge in [-0.15, -0.1) is 0 Å². The first-order chi connectivity index (χ1) is 9.63. The molecule has 0 aliphatic heterocycles. The predicted octanol–water partition coefficient (Wildman–Crippen LogP) is 4.54. The van der Waals surface area contributed by atoms with Crippen LogP contribution in [-0.2, 0) is 27.7 Å². The van der Waals surface area contributed by atoms with Crippen LogP contribution >= 0.6 is 18.8 Å². The average molecular weight is 517 g/mol. The third-order valence-corrected chi connectivity index (χ3v) is 2.81. The number of aromatic nitrogens is 1. The van der Waals surface area contributed by atoms with Crippen molar-refractivity contribution in [2.45, 2.75) is 45.4 Å². The molecule has 0 atom stereocenters. The van der Waals surface area contributed by atoms with Crippen molar-refractivity contribution >= 4 is 24.6 Å². The predicted molar refractivity (Wildman–Crippen MR) is 84.8 cm³/mol. The van der Waals surface area contributed by atoms with Crippen molar-refractivity contribution in [3.05, 3.63) is 35.7 Å². The molecule has 0 radical (unpaired) electrons. The van der Waals surface area contributed by atoms with Gasteiger partial charge in [0.15, 0.2) is 5.78 Å². The number of unbranched alkanes of at least 4 members (excludes halogenated alkanes) is 3. The molecule has 0 spiro atoms. The Kier molecular flexibility index (Phi) is 18.2. The maximum atomic E-state index is 10.8. The third-order valence-electron chi connectivity index (χ3n) is 2.81. The molecule has 0 bridgehead atoms. The van der Waals surface area contributed by atoms with Crippen molar-refractivity contribution in [1.29, 1.82) is 0 Å². The number of aliphatic hydroxyl groups is 1. The van der Waals surface area contributed by atoms with Gasteiger partial charge in [-0.2, -0.15) is 0 Å². The third kappa shape index (κ3) is 14.7. The molecule has 0 fully saturated rings. The van der Waals surface area contributed by atoms with Crippen molar-refractivity contribution in [1.82, 2.24) is 4.98 Å². The molecule has 1 aromatic heterocycles. The second kappa shape index (κ2) is 16.4. The Labute approximate surface area is 143 Å². The van der Waals surface area contributed by atoms with Gasteiger partial charge in [-0.1, -0.05) is 12.8 Å². The van der Waals surface area contributed by atoms with E-state index in [0.717, 1.165) is 37.8 Å². The van der Waals surface area contributed by atoms with E-state index in [4.69, 9.17) is 23.9 Å². The molecule has 0 unspecified atom stereocenters. The molecule has 3 N–H and O–H groups in total. The van der Waals surface area contributed by atoms with Gasteiger partial charge in [0.2, 0.25) is 0 Å². The Morgan fingerprint density at radius 2 is 1.90 bits per heavy atom. The number of Topliss-reactive ketones (excluding diaryl/α,β-unsaturated/α-hetero) is 1. The second-order valence-corrected chi connectivity index (χ2v) is 7.74. The zero-order valence-electron chi connectivity index (χ0n) is 12.1. The number of nitrogens with zero attached hydrogens (tertiary/aromatic N) is 1. The molecule has 0 aliphatic carbocycles. The molecule has 21 heavy (non-hydrogen) atoms. The van der Waals surface area contributed by atoms with E-state index in [-0.39, 0.29) is 18.5 Å². The summed E-state index contributed by atoms with van der Waals surface area (Å²) >= 11 is -0.472. The molecule has 1 rings (SSSR count). The van der Waals surface area contributed by atoms with Gasteiger partial charge in [-0.3, -0.25) is 9.78 Å². The monoisotopic (exact) mass is 516 g/mol. The first-order valence-electron chi connectivity index (χ1n) is 6.50. The molecule has 0 aliphatic rings. The van der Waals surface area contributed by atoms with Crippen LogP contribution in [-0.4, -0.2) is 22.5 Å². The van der Waals surface area contributed by atoms with E-state index in [1.165, 1.54) is 5.56 Å². The van der Waals surface area contributed by atoms with E-state index in [9.17, 15) is 4.79 Å². The number of hydrogen-bond acceptors (Lipinski definition) is 3. The standard InChI is InChI=1S/C14H21NO2.2ClH.H2N.Pt/c1-12-10-13(8-9-15-12)6-4-2-3-5-7-14(17)11-16;;;;/h8-10,16H,2-7,11H2,1H3;2*1H;1H2;/q;;;-1;+2/p-2. The minimum atomic E-state index is -0.472. The summed E-state index contributed by atoms with van der Waals surface area (Å²) < 4.78 is 0. The van der Waals surface area contributed by atoms with Gasteiger partial charge in [-0.25, -0.2) is 0 Å². The van der Waals surface area contributed by atoms with E-state index >= 15 is 0 Å². The van der Waals surface area contributed by atoms with Crippen molar-refractivity contribution in [2.75, 3.05) is 6.61 Å². The maximum Gasteiger partial charge on any atom is -0.693 e. The maximum absolute atomic E-state index is 10.8. The summed E-state index contributed by atoms with van der Waals surface area (Å²) in [4.78, 5) is 15.0. The quantitative estimate of drug-likeness (QED) is 0.515. The number of nitrogens with two attached hydrogens (primary N) is 1. The summed E-state index contributed by atoms with van der Waals surface area (Å²) in [7, 11) is 9.75. The fourth-order valence-electron chi connectivity index (χ4n) is 1.84. The van der Waals surface area contributed by atoms with Gasteiger partial charge in [0.05, 0.1) is 0 Å². The van der Waals surface area contributed by atoms with E-state index < -0.39 is 16.5 Å². The molecule has 1 aromatic rings. The fourth-order valence-corrected chi connectivity index (χ4v) is 1.84. The van der Waals surface area contributed by atoms with Crippen LogP contribution in [0.1, 0.15) is 43.4 Å². The van der Waals surface area contributed by atoms with Crippen LogP contribution < -0.4 is 0 Å². The average Bonchev–Trinajstić information content (AvgIpc) is 2.43. The molecule has 1 heterocycles. The summed E-state index contributed by atoms with van der Waals surface area (Å²) in [6.07, 6.45) is 7.70. The van der Waals surface area contributed by atoms with Crippen LogP contribution in [0.3, 0.4) is 0 Å². The van der Waals surface area contributed by atoms with Gasteiger partial charge in [0, 0.05) is 18.3 Å². The van der Waals surface area contributed by atoms with Gasteiger partial charge < -0.3 is 11.3 Å². The summed E-state index contributed by atoms with van der Waals surface area (Å²) in [5.41, 5.74) is 2.40. The summed E-state index contributed by atoms with van der Waals surface area (Å²) in [6, 6.07) is 4.18. The minimum Gasteiger partial charge on any atom is -0.693 e. The van der Waals surface area contributed by atoms with Crippen molar-refractivity contribution < 1.29 is 26.4 Å². The Morgan fingerprint density at radius 3 is 2.48 bits per heavy atom. The van der Waals surface area contributed by atoms with Crippen molar-refractivity contribution in [2.24, 2.45) is 0 Å². The number of hydrogen-bond donors (Lipinski definition) is 1. The zero-order chi connectivity index (χ0) is 15.2. The fraction of sp³-hybridized carbons (Fsp3) is 0.571. The van der Waals surface area contributed by atoms with Crippen LogP contribution in [0.15, 0.2) is 18.3 Å². The van der Waals surface area contributed by atoms with Crippen LogP contribution in [0, 0.1) is 6.92 Å². The van der Waals surface area contributed by atoms with Gasteiger partial charge >= 0.3 is 35.3 Å². The first kappa shape index (κ1) is 23.3. The van der Waals surface area contributed by atoms with Crippen LogP contribution in [0.4, 0.5) is 0 Å². The summed E-state index contributed by atoms with van der Waals surface area (Å²) in [6.45, 7) is 1.69. The number of ketones is 1. The number of rotatable bonds is 8. The van der Waals surface area contributed by atoms with Crippen molar-refractivity contribution in [3.63, 3.8) is 0 Å². The Bertz CT molecular complexity index is 382.